The van der Waals surface area contributed by atoms with E-state index in [1.165, 1.54) is 11.6 Å². The monoisotopic (exact) mass is 302 g/mol. The van der Waals surface area contributed by atoms with Gasteiger partial charge in [0.1, 0.15) is 6.54 Å². The molecule has 1 fully saturated rings. The van der Waals surface area contributed by atoms with Crippen molar-refractivity contribution in [3.8, 4) is 0 Å². The number of nitrogens with zero attached hydrogens (tertiary/aromatic N) is 3. The summed E-state index contributed by atoms with van der Waals surface area (Å²) in [6.07, 6.45) is 0.394. The van der Waals surface area contributed by atoms with E-state index >= 15 is 0 Å². The second-order valence-electron chi connectivity index (χ2n) is 4.65. The smallest absolute Gasteiger partial charge is 0.358 e. The summed E-state index contributed by atoms with van der Waals surface area (Å²) in [6.45, 7) is 1.30. The van der Waals surface area contributed by atoms with Gasteiger partial charge in [0, 0.05) is 6.04 Å². The molecule has 0 bridgehead atoms. The summed E-state index contributed by atoms with van der Waals surface area (Å²) in [6, 6.07) is -0.393. The normalized spacial score (nSPS) is 20.8. The fraction of sp³-hybridized carbons (Fsp3) is 0.600. The van der Waals surface area contributed by atoms with Crippen molar-refractivity contribution >= 4 is 21.7 Å². The second kappa shape index (κ2) is 5.19. The zero-order chi connectivity index (χ0) is 14.9. The molecule has 2 N–H and O–H groups in total. The highest BCUT2D eigenvalue weighted by atomic mass is 32.2. The summed E-state index contributed by atoms with van der Waals surface area (Å²) >= 11 is 0. The molecule has 1 aliphatic heterocycles. The Morgan fingerprint density at radius 2 is 2.20 bits per heavy atom. The molecule has 1 unspecified atom stereocenters. The third-order valence-electron chi connectivity index (χ3n) is 3.08. The molecule has 1 atom stereocenters. The number of aromatic carboxylic acids is 1. The van der Waals surface area contributed by atoms with Crippen LogP contribution in [0.3, 0.4) is 0 Å². The number of carbonyl (C=O) groups is 2. The minimum absolute atomic E-state index is 0.0601. The number of nitrogens with one attached hydrogen (secondary N) is 1. The molecule has 0 aliphatic carbocycles. The lowest BCUT2D eigenvalue weighted by Crippen LogP contribution is -2.38. The maximum absolute atomic E-state index is 11.8. The largest absolute Gasteiger partial charge is 0.476 e. The standard InChI is InChI=1S/C10H14N4O5S/c1-6-9(10(16)17)12-13-14(6)4-8(15)11-7-2-3-20(18,19)5-7/h7H,2-5H2,1H3,(H,11,15)(H,16,17). The molecule has 10 heteroatoms. The van der Waals surface area contributed by atoms with Gasteiger partial charge in [0.15, 0.2) is 15.5 Å². The first-order valence-electron chi connectivity index (χ1n) is 5.91. The van der Waals surface area contributed by atoms with E-state index in [2.05, 4.69) is 15.6 Å². The Labute approximate surface area is 114 Å². The summed E-state index contributed by atoms with van der Waals surface area (Å²) in [5.41, 5.74) is 0.0629. The molecule has 1 amide bonds. The SMILES string of the molecule is Cc1c(C(=O)O)nnn1CC(=O)NC1CCS(=O)(=O)C1. The van der Waals surface area contributed by atoms with E-state index in [1.807, 2.05) is 0 Å². The summed E-state index contributed by atoms with van der Waals surface area (Å²) in [5.74, 6) is -1.62. The quantitative estimate of drug-likeness (QED) is 0.698. The summed E-state index contributed by atoms with van der Waals surface area (Å²) in [7, 11) is -3.06. The van der Waals surface area contributed by atoms with Crippen molar-refractivity contribution in [3.05, 3.63) is 11.4 Å². The molecule has 0 saturated carbocycles. The van der Waals surface area contributed by atoms with Crippen LogP contribution < -0.4 is 5.32 Å². The van der Waals surface area contributed by atoms with E-state index in [0.29, 0.717) is 6.42 Å². The first-order valence-corrected chi connectivity index (χ1v) is 7.74. The highest BCUT2D eigenvalue weighted by Crippen LogP contribution is 2.11. The van der Waals surface area contributed by atoms with Crippen molar-refractivity contribution in [2.24, 2.45) is 0 Å². The van der Waals surface area contributed by atoms with Crippen molar-refractivity contribution in [2.45, 2.75) is 25.9 Å². The van der Waals surface area contributed by atoms with E-state index in [4.69, 9.17) is 5.11 Å². The molecule has 1 aromatic rings. The Morgan fingerprint density at radius 3 is 2.70 bits per heavy atom. The van der Waals surface area contributed by atoms with E-state index in [-0.39, 0.29) is 29.4 Å². The van der Waals surface area contributed by atoms with E-state index in [9.17, 15) is 18.0 Å². The van der Waals surface area contributed by atoms with Crippen molar-refractivity contribution in [1.82, 2.24) is 20.3 Å². The van der Waals surface area contributed by atoms with Crippen LogP contribution in [0.15, 0.2) is 0 Å². The van der Waals surface area contributed by atoms with Crippen LogP contribution in [0, 0.1) is 6.92 Å². The van der Waals surface area contributed by atoms with Crippen molar-refractivity contribution < 1.29 is 23.1 Å². The number of carboxylic acid groups (broad SMARTS) is 1. The minimum Gasteiger partial charge on any atom is -0.476 e. The number of amides is 1. The third-order valence-corrected chi connectivity index (χ3v) is 4.84. The molecule has 0 radical (unpaired) electrons. The maximum atomic E-state index is 11.8. The maximum Gasteiger partial charge on any atom is 0.358 e. The lowest BCUT2D eigenvalue weighted by atomic mass is 10.2. The molecule has 110 valence electrons. The van der Waals surface area contributed by atoms with Crippen molar-refractivity contribution in [3.63, 3.8) is 0 Å². The highest BCUT2D eigenvalue weighted by Gasteiger charge is 2.29. The minimum atomic E-state index is -3.06. The van der Waals surface area contributed by atoms with Crippen LogP contribution in [-0.4, -0.2) is 57.9 Å². The van der Waals surface area contributed by atoms with Crippen LogP contribution in [0.5, 0.6) is 0 Å². The van der Waals surface area contributed by atoms with Crippen LogP contribution in [0.1, 0.15) is 22.6 Å². The van der Waals surface area contributed by atoms with Gasteiger partial charge in [-0.3, -0.25) is 4.79 Å². The van der Waals surface area contributed by atoms with E-state index in [0.717, 1.165) is 0 Å². The lowest BCUT2D eigenvalue weighted by molar-refractivity contribution is -0.122. The van der Waals surface area contributed by atoms with Gasteiger partial charge in [-0.05, 0) is 13.3 Å². The van der Waals surface area contributed by atoms with Gasteiger partial charge < -0.3 is 10.4 Å². The molecule has 20 heavy (non-hydrogen) atoms. The average Bonchev–Trinajstić information content (AvgIpc) is 2.83. The van der Waals surface area contributed by atoms with Gasteiger partial charge in [0.05, 0.1) is 17.2 Å². The second-order valence-corrected chi connectivity index (χ2v) is 6.88. The molecule has 9 nitrogen and oxygen atoms in total. The van der Waals surface area contributed by atoms with Crippen LogP contribution in [-0.2, 0) is 21.2 Å². The van der Waals surface area contributed by atoms with E-state index < -0.39 is 27.8 Å². The molecule has 1 saturated heterocycles. The van der Waals surface area contributed by atoms with Crippen molar-refractivity contribution in [1.29, 1.82) is 0 Å². The molecule has 2 heterocycles. The van der Waals surface area contributed by atoms with Crippen LogP contribution >= 0.6 is 0 Å². The lowest BCUT2D eigenvalue weighted by Gasteiger charge is -2.10. The van der Waals surface area contributed by atoms with Crippen LogP contribution in [0.2, 0.25) is 0 Å². The first kappa shape index (κ1) is 14.4. The highest BCUT2D eigenvalue weighted by molar-refractivity contribution is 7.91. The third kappa shape index (κ3) is 3.13. The molecule has 1 aliphatic rings. The number of carboxylic acids is 1. The molecule has 0 aromatic carbocycles. The Kier molecular flexibility index (Phi) is 3.75. The predicted octanol–water partition coefficient (Wildman–Crippen LogP) is -1.41. The summed E-state index contributed by atoms with van der Waals surface area (Å²) in [4.78, 5) is 22.6. The number of hydrogen-bond donors (Lipinski definition) is 2. The fourth-order valence-electron chi connectivity index (χ4n) is 2.03. The zero-order valence-corrected chi connectivity index (χ0v) is 11.6. The molecular formula is C10H14N4O5S. The Balaban J connectivity index is 1.97. The zero-order valence-electron chi connectivity index (χ0n) is 10.7. The number of carbonyl (C=O) groups excluding carboxylic acids is 1. The number of sulfone groups is 1. The van der Waals surface area contributed by atoms with E-state index in [1.54, 1.807) is 0 Å². The summed E-state index contributed by atoms with van der Waals surface area (Å²) in [5, 5.41) is 18.5. The van der Waals surface area contributed by atoms with Gasteiger partial charge in [0.2, 0.25) is 5.91 Å². The number of aromatic nitrogens is 3. The summed E-state index contributed by atoms with van der Waals surface area (Å²) < 4.78 is 23.7. The van der Waals surface area contributed by atoms with Gasteiger partial charge >= 0.3 is 5.97 Å². The Morgan fingerprint density at radius 1 is 1.50 bits per heavy atom. The van der Waals surface area contributed by atoms with Crippen LogP contribution in [0.4, 0.5) is 0 Å². The molecule has 2 rings (SSSR count). The first-order chi connectivity index (χ1) is 9.28. The van der Waals surface area contributed by atoms with Crippen LogP contribution in [0.25, 0.3) is 0 Å². The predicted molar refractivity (Wildman–Crippen MR) is 66.9 cm³/mol. The number of rotatable bonds is 4. The molecular weight excluding hydrogens is 288 g/mol. The van der Waals surface area contributed by atoms with Gasteiger partial charge in [-0.1, -0.05) is 5.21 Å². The van der Waals surface area contributed by atoms with Gasteiger partial charge in [-0.15, -0.1) is 5.10 Å². The van der Waals surface area contributed by atoms with Gasteiger partial charge in [0.25, 0.3) is 0 Å². The Bertz CT molecular complexity index is 651. The topological polar surface area (TPSA) is 131 Å². The molecule has 0 spiro atoms. The Hall–Kier alpha value is -1.97. The van der Waals surface area contributed by atoms with Crippen molar-refractivity contribution in [2.75, 3.05) is 11.5 Å². The van der Waals surface area contributed by atoms with Gasteiger partial charge in [-0.25, -0.2) is 17.9 Å². The van der Waals surface area contributed by atoms with Gasteiger partial charge in [-0.2, -0.15) is 0 Å². The molecule has 1 aromatic heterocycles. The fourth-order valence-corrected chi connectivity index (χ4v) is 3.70. The number of hydrogen-bond acceptors (Lipinski definition) is 6. The average molecular weight is 302 g/mol.